The van der Waals surface area contributed by atoms with Gasteiger partial charge in [0.15, 0.2) is 11.9 Å². The molecule has 25 heavy (non-hydrogen) atoms. The zero-order valence-electron chi connectivity index (χ0n) is 14.0. The molecule has 0 saturated heterocycles. The summed E-state index contributed by atoms with van der Waals surface area (Å²) in [6, 6.07) is 3.48. The van der Waals surface area contributed by atoms with E-state index in [1.54, 1.807) is 39.0 Å². The fraction of sp³-hybridized carbons (Fsp3) is 0.438. The largest absolute Gasteiger partial charge is 0.480 e. The Balaban J connectivity index is 2.09. The van der Waals surface area contributed by atoms with Crippen molar-refractivity contribution in [3.05, 3.63) is 23.2 Å². The monoisotopic (exact) mass is 370 g/mol. The van der Waals surface area contributed by atoms with Crippen LogP contribution in [0.25, 0.3) is 0 Å². The average Bonchev–Trinajstić information content (AvgIpc) is 2.46. The Morgan fingerprint density at radius 1 is 1.44 bits per heavy atom. The van der Waals surface area contributed by atoms with Gasteiger partial charge in [-0.05, 0) is 32.9 Å². The van der Waals surface area contributed by atoms with Crippen molar-refractivity contribution in [2.75, 3.05) is 5.32 Å². The number of ether oxygens (including phenoxy) is 2. The molecule has 2 rings (SSSR count). The molecule has 0 radical (unpaired) electrons. The number of halogens is 1. The molecule has 2 amide bonds. The molecule has 2 atom stereocenters. The van der Waals surface area contributed by atoms with E-state index >= 15 is 0 Å². The van der Waals surface area contributed by atoms with E-state index in [9.17, 15) is 19.5 Å². The second kappa shape index (κ2) is 7.18. The van der Waals surface area contributed by atoms with Crippen molar-refractivity contribution < 1.29 is 29.0 Å². The van der Waals surface area contributed by atoms with E-state index in [0.717, 1.165) is 0 Å². The standard InChI is InChI=1S/C16H19ClN2O6/c1-16(2,3)25-15(23)19-10(14(21)22)7-11-13(20)18-9-6-4-5-8(17)12(9)24-11/h4-6,10-11H,7H2,1-3H3,(H,18,20)(H,19,23)(H,21,22)/t10-,11-/m0/s1. The predicted octanol–water partition coefficient (Wildman–Crippen LogP) is 2.41. The van der Waals surface area contributed by atoms with Crippen LogP contribution in [0.15, 0.2) is 18.2 Å². The third kappa shape index (κ3) is 4.99. The number of carboxylic acids is 1. The van der Waals surface area contributed by atoms with Crippen LogP contribution >= 0.6 is 11.6 Å². The fourth-order valence-electron chi connectivity index (χ4n) is 2.18. The maximum Gasteiger partial charge on any atom is 0.408 e. The molecule has 136 valence electrons. The molecule has 0 spiro atoms. The Morgan fingerprint density at radius 2 is 2.12 bits per heavy atom. The van der Waals surface area contributed by atoms with Gasteiger partial charge >= 0.3 is 12.1 Å². The molecule has 9 heteroatoms. The average molecular weight is 371 g/mol. The number of nitrogens with one attached hydrogen (secondary N) is 2. The molecule has 8 nitrogen and oxygen atoms in total. The van der Waals surface area contributed by atoms with Gasteiger partial charge in [0.25, 0.3) is 5.91 Å². The lowest BCUT2D eigenvalue weighted by Gasteiger charge is -2.28. The van der Waals surface area contributed by atoms with Gasteiger partial charge in [0.2, 0.25) is 0 Å². The summed E-state index contributed by atoms with van der Waals surface area (Å²) in [7, 11) is 0. The third-order valence-electron chi connectivity index (χ3n) is 3.22. The molecular weight excluding hydrogens is 352 g/mol. The summed E-state index contributed by atoms with van der Waals surface area (Å²) in [5.41, 5.74) is -0.376. The Hall–Kier alpha value is -2.48. The Kier molecular flexibility index (Phi) is 5.42. The third-order valence-corrected chi connectivity index (χ3v) is 3.51. The Bertz CT molecular complexity index is 700. The first kappa shape index (κ1) is 18.9. The Morgan fingerprint density at radius 3 is 2.72 bits per heavy atom. The van der Waals surface area contributed by atoms with Crippen LogP contribution in [0.4, 0.5) is 10.5 Å². The summed E-state index contributed by atoms with van der Waals surface area (Å²) in [4.78, 5) is 35.3. The Labute approximate surface area is 149 Å². The van der Waals surface area contributed by atoms with Crippen molar-refractivity contribution in [2.24, 2.45) is 0 Å². The van der Waals surface area contributed by atoms with Gasteiger partial charge in [-0.25, -0.2) is 9.59 Å². The van der Waals surface area contributed by atoms with E-state index in [1.807, 2.05) is 0 Å². The highest BCUT2D eigenvalue weighted by Crippen LogP contribution is 2.37. The summed E-state index contributed by atoms with van der Waals surface area (Å²) >= 11 is 6.03. The number of alkyl carbamates (subject to hydrolysis) is 1. The van der Waals surface area contributed by atoms with Gasteiger partial charge in [0, 0.05) is 6.42 Å². The summed E-state index contributed by atoms with van der Waals surface area (Å²) in [6.45, 7) is 4.96. The van der Waals surface area contributed by atoms with Gasteiger partial charge in [-0.2, -0.15) is 0 Å². The van der Waals surface area contributed by atoms with Crippen LogP contribution in [-0.2, 0) is 14.3 Å². The summed E-state index contributed by atoms with van der Waals surface area (Å²) in [6.07, 6.45) is -2.30. The van der Waals surface area contributed by atoms with Crippen LogP contribution in [0, 0.1) is 0 Å². The van der Waals surface area contributed by atoms with Crippen LogP contribution in [0.1, 0.15) is 27.2 Å². The minimum absolute atomic E-state index is 0.259. The highest BCUT2D eigenvalue weighted by Gasteiger charge is 2.35. The first-order valence-electron chi connectivity index (χ1n) is 7.55. The fourth-order valence-corrected chi connectivity index (χ4v) is 2.40. The molecule has 1 aliphatic heterocycles. The number of aliphatic carboxylic acids is 1. The van der Waals surface area contributed by atoms with Crippen LogP contribution < -0.4 is 15.4 Å². The number of fused-ring (bicyclic) bond motifs is 1. The van der Waals surface area contributed by atoms with Crippen molar-refractivity contribution >= 4 is 35.3 Å². The maximum absolute atomic E-state index is 12.1. The smallest absolute Gasteiger partial charge is 0.408 e. The summed E-state index contributed by atoms with van der Waals surface area (Å²) < 4.78 is 10.6. The quantitative estimate of drug-likeness (QED) is 0.749. The number of carbonyl (C=O) groups is 3. The molecule has 0 unspecified atom stereocenters. The maximum atomic E-state index is 12.1. The van der Waals surface area contributed by atoms with E-state index in [0.29, 0.717) is 5.69 Å². The normalized spacial score (nSPS) is 17.6. The first-order chi connectivity index (χ1) is 11.6. The molecule has 1 aromatic rings. The molecule has 0 fully saturated rings. The lowest BCUT2D eigenvalue weighted by molar-refractivity contribution is -0.140. The van der Waals surface area contributed by atoms with Crippen LogP contribution in [0.3, 0.4) is 0 Å². The first-order valence-corrected chi connectivity index (χ1v) is 7.93. The van der Waals surface area contributed by atoms with E-state index < -0.39 is 35.7 Å². The minimum Gasteiger partial charge on any atom is -0.480 e. The number of para-hydroxylation sites is 1. The van der Waals surface area contributed by atoms with Crippen molar-refractivity contribution in [1.82, 2.24) is 5.32 Å². The highest BCUT2D eigenvalue weighted by molar-refractivity contribution is 6.32. The molecule has 1 aromatic carbocycles. The lowest BCUT2D eigenvalue weighted by Crippen LogP contribution is -2.48. The van der Waals surface area contributed by atoms with Crippen molar-refractivity contribution in [3.63, 3.8) is 0 Å². The van der Waals surface area contributed by atoms with E-state index in [4.69, 9.17) is 21.1 Å². The molecule has 0 bridgehead atoms. The van der Waals surface area contributed by atoms with Gasteiger partial charge in [0.1, 0.15) is 11.6 Å². The second-order valence-corrected chi connectivity index (χ2v) is 6.89. The summed E-state index contributed by atoms with van der Waals surface area (Å²) in [5.74, 6) is -1.57. The number of hydrogen-bond donors (Lipinski definition) is 3. The van der Waals surface area contributed by atoms with Gasteiger partial charge < -0.3 is 25.2 Å². The topological polar surface area (TPSA) is 114 Å². The number of carbonyl (C=O) groups excluding carboxylic acids is 2. The molecule has 1 aliphatic rings. The van der Waals surface area contributed by atoms with E-state index in [-0.39, 0.29) is 17.2 Å². The van der Waals surface area contributed by atoms with Crippen molar-refractivity contribution in [1.29, 1.82) is 0 Å². The molecule has 0 saturated carbocycles. The predicted molar refractivity (Wildman–Crippen MR) is 89.9 cm³/mol. The van der Waals surface area contributed by atoms with Crippen molar-refractivity contribution in [3.8, 4) is 5.75 Å². The molecule has 0 aliphatic carbocycles. The minimum atomic E-state index is -1.37. The van der Waals surface area contributed by atoms with Crippen LogP contribution in [0.2, 0.25) is 5.02 Å². The van der Waals surface area contributed by atoms with E-state index in [2.05, 4.69) is 10.6 Å². The number of carboxylic acid groups (broad SMARTS) is 1. The molecule has 1 heterocycles. The highest BCUT2D eigenvalue weighted by atomic mass is 35.5. The number of hydrogen-bond acceptors (Lipinski definition) is 5. The van der Waals surface area contributed by atoms with E-state index in [1.165, 1.54) is 0 Å². The van der Waals surface area contributed by atoms with Crippen LogP contribution in [0.5, 0.6) is 5.75 Å². The van der Waals surface area contributed by atoms with Gasteiger partial charge in [-0.15, -0.1) is 0 Å². The van der Waals surface area contributed by atoms with Crippen molar-refractivity contribution in [2.45, 2.75) is 44.9 Å². The molecule has 3 N–H and O–H groups in total. The number of anilines is 1. The summed E-state index contributed by atoms with van der Waals surface area (Å²) in [5, 5.41) is 14.4. The SMILES string of the molecule is CC(C)(C)OC(=O)N[C@@H](C[C@@H]1Oc2c(Cl)cccc2NC1=O)C(=O)O. The lowest BCUT2D eigenvalue weighted by atomic mass is 10.1. The van der Waals surface area contributed by atoms with Gasteiger partial charge in [-0.1, -0.05) is 17.7 Å². The molecule has 0 aromatic heterocycles. The van der Waals surface area contributed by atoms with Gasteiger partial charge in [0.05, 0.1) is 10.7 Å². The van der Waals surface area contributed by atoms with Crippen LogP contribution in [-0.4, -0.2) is 40.8 Å². The number of benzene rings is 1. The zero-order chi connectivity index (χ0) is 18.8. The number of rotatable bonds is 4. The second-order valence-electron chi connectivity index (χ2n) is 6.49. The van der Waals surface area contributed by atoms with Gasteiger partial charge in [-0.3, -0.25) is 4.79 Å². The number of amides is 2. The zero-order valence-corrected chi connectivity index (χ0v) is 14.7. The molecular formula is C16H19ClN2O6.